The highest BCUT2D eigenvalue weighted by Crippen LogP contribution is 2.62. The maximum Gasteiger partial charge on any atom is 0.0585 e. The van der Waals surface area contributed by atoms with Gasteiger partial charge >= 0.3 is 0 Å². The standard InChI is InChI=1S/C51H54N2/c1-50(2)47-20-12-11-19-46(47)48-33-32-45(36-51(48,50)3)53(43-28-24-38(25-29-43)37-14-6-4-7-15-37)44-30-26-39(27-31-44)40-22-23-41-16-10-13-21-49(41)52(35-34-40)42-17-8-5-9-18-42/h4-6,8-13,16-22,24,26,28,30,32-35,37,41,49H,7,14-15,23,25,27,29,31,36H2,1-3H3/b35-34-,40-22+. The third-order valence-corrected chi connectivity index (χ3v) is 13.8. The molecule has 0 saturated carbocycles. The lowest BCUT2D eigenvalue weighted by Crippen LogP contribution is -2.38. The molecular weight excluding hydrogens is 641 g/mol. The van der Waals surface area contributed by atoms with E-state index < -0.39 is 0 Å². The van der Waals surface area contributed by atoms with Crippen molar-refractivity contribution in [1.29, 1.82) is 0 Å². The monoisotopic (exact) mass is 694 g/mol. The highest BCUT2D eigenvalue weighted by atomic mass is 15.2. The van der Waals surface area contributed by atoms with Crippen molar-refractivity contribution in [3.63, 3.8) is 0 Å². The highest BCUT2D eigenvalue weighted by molar-refractivity contribution is 5.82. The number of allylic oxidation sites excluding steroid dienone is 19. The molecule has 0 bridgehead atoms. The second-order valence-corrected chi connectivity index (χ2v) is 16.9. The number of hydrogen-bond donors (Lipinski definition) is 0. The first kappa shape index (κ1) is 34.0. The minimum atomic E-state index is 0.0274. The molecule has 0 spiro atoms. The van der Waals surface area contributed by atoms with Gasteiger partial charge in [0.05, 0.1) is 6.04 Å². The summed E-state index contributed by atoms with van der Waals surface area (Å²) in [6, 6.07) is 20.3. The van der Waals surface area contributed by atoms with Crippen LogP contribution in [-0.4, -0.2) is 10.9 Å². The van der Waals surface area contributed by atoms with Crippen molar-refractivity contribution < 1.29 is 0 Å². The van der Waals surface area contributed by atoms with E-state index in [0.717, 1.165) is 32.1 Å². The number of hydrogen-bond acceptors (Lipinski definition) is 2. The first-order valence-corrected chi connectivity index (χ1v) is 20.2. The molecule has 2 aromatic carbocycles. The molecular formula is C51H54N2. The van der Waals surface area contributed by atoms with Crippen LogP contribution in [0.4, 0.5) is 5.69 Å². The summed E-state index contributed by atoms with van der Waals surface area (Å²) in [6.45, 7) is 7.47. The molecule has 0 aromatic heterocycles. The number of fused-ring (bicyclic) bond motifs is 4. The van der Waals surface area contributed by atoms with Crippen LogP contribution >= 0.6 is 0 Å². The molecule has 4 atom stereocenters. The lowest BCUT2D eigenvalue weighted by atomic mass is 9.62. The highest BCUT2D eigenvalue weighted by Gasteiger charge is 2.53. The zero-order valence-electron chi connectivity index (χ0n) is 31.8. The summed E-state index contributed by atoms with van der Waals surface area (Å²) in [5.74, 6) is 1.15. The number of nitrogens with zero attached hydrogens (tertiary/aromatic N) is 2. The van der Waals surface area contributed by atoms with Gasteiger partial charge in [-0.05, 0) is 128 Å². The predicted octanol–water partition coefficient (Wildman–Crippen LogP) is 13.0. The fraction of sp³-hybridized carbons (Fsp3) is 0.333. The summed E-state index contributed by atoms with van der Waals surface area (Å²) in [5.41, 5.74) is 14.5. The van der Waals surface area contributed by atoms with Gasteiger partial charge in [0.1, 0.15) is 0 Å². The average Bonchev–Trinajstić information content (AvgIpc) is 3.37. The molecule has 2 aromatic rings. The van der Waals surface area contributed by atoms with Crippen LogP contribution in [0.2, 0.25) is 0 Å². The molecule has 0 saturated heterocycles. The van der Waals surface area contributed by atoms with Gasteiger partial charge in [0.2, 0.25) is 0 Å². The molecule has 1 heterocycles. The first-order chi connectivity index (χ1) is 25.9. The van der Waals surface area contributed by atoms with Gasteiger partial charge in [-0.2, -0.15) is 0 Å². The van der Waals surface area contributed by atoms with Crippen LogP contribution in [0, 0.1) is 17.3 Å². The molecule has 7 aliphatic rings. The normalized spacial score (nSPS) is 30.1. The van der Waals surface area contributed by atoms with Crippen molar-refractivity contribution in [3.8, 4) is 0 Å². The van der Waals surface area contributed by atoms with E-state index in [1.54, 1.807) is 5.57 Å². The van der Waals surface area contributed by atoms with Crippen molar-refractivity contribution in [2.45, 2.75) is 90.0 Å². The van der Waals surface area contributed by atoms with E-state index in [4.69, 9.17) is 0 Å². The van der Waals surface area contributed by atoms with E-state index in [1.165, 1.54) is 76.3 Å². The molecule has 0 amide bonds. The van der Waals surface area contributed by atoms with Crippen molar-refractivity contribution in [3.05, 3.63) is 191 Å². The van der Waals surface area contributed by atoms with Crippen molar-refractivity contribution in [1.82, 2.24) is 4.90 Å². The SMILES string of the molecule is CC12CC(N(C3=CC=C(C4=C/CC5C=CC=CC5N(c5ccccc5)/C=C\4)CC3)C3=CC=C(C4CC=CCC4)CC3)=CC=C1c1ccccc1C2(C)C. The Morgan fingerprint density at radius 1 is 0.717 bits per heavy atom. The molecule has 6 aliphatic carbocycles. The molecule has 9 rings (SSSR count). The summed E-state index contributed by atoms with van der Waals surface area (Å²) in [7, 11) is 0. The first-order valence-electron chi connectivity index (χ1n) is 20.2. The Kier molecular flexibility index (Phi) is 8.89. The van der Waals surface area contributed by atoms with Gasteiger partial charge in [-0.25, -0.2) is 0 Å². The van der Waals surface area contributed by atoms with Crippen LogP contribution in [0.5, 0.6) is 0 Å². The Balaban J connectivity index is 1.06. The van der Waals surface area contributed by atoms with Crippen LogP contribution in [0.1, 0.15) is 89.7 Å². The van der Waals surface area contributed by atoms with Gasteiger partial charge in [0.25, 0.3) is 0 Å². The van der Waals surface area contributed by atoms with Gasteiger partial charge in [-0.1, -0.05) is 130 Å². The van der Waals surface area contributed by atoms with Gasteiger partial charge in [-0.3, -0.25) is 0 Å². The molecule has 268 valence electrons. The van der Waals surface area contributed by atoms with Crippen molar-refractivity contribution >= 4 is 11.3 Å². The predicted molar refractivity (Wildman–Crippen MR) is 224 cm³/mol. The largest absolute Gasteiger partial charge is 0.340 e. The maximum atomic E-state index is 2.70. The Morgan fingerprint density at radius 2 is 1.49 bits per heavy atom. The lowest BCUT2D eigenvalue weighted by Gasteiger charge is -2.45. The summed E-state index contributed by atoms with van der Waals surface area (Å²) >= 11 is 0. The molecule has 2 heteroatoms. The minimum absolute atomic E-state index is 0.0274. The average molecular weight is 695 g/mol. The Bertz CT molecular complexity index is 2120. The zero-order valence-corrected chi connectivity index (χ0v) is 31.8. The van der Waals surface area contributed by atoms with Crippen molar-refractivity contribution in [2.75, 3.05) is 4.90 Å². The van der Waals surface area contributed by atoms with Crippen molar-refractivity contribution in [2.24, 2.45) is 17.3 Å². The molecule has 53 heavy (non-hydrogen) atoms. The van der Waals surface area contributed by atoms with Crippen LogP contribution in [0.3, 0.4) is 0 Å². The second-order valence-electron chi connectivity index (χ2n) is 16.9. The lowest BCUT2D eigenvalue weighted by molar-refractivity contribution is 0.246. The maximum absolute atomic E-state index is 2.70. The Labute approximate surface area is 318 Å². The van der Waals surface area contributed by atoms with Crippen LogP contribution in [-0.2, 0) is 5.41 Å². The molecule has 1 aliphatic heterocycles. The van der Waals surface area contributed by atoms with Crippen LogP contribution < -0.4 is 4.90 Å². The number of para-hydroxylation sites is 1. The number of benzene rings is 2. The fourth-order valence-electron chi connectivity index (χ4n) is 10.3. The minimum Gasteiger partial charge on any atom is -0.340 e. The van der Waals surface area contributed by atoms with Crippen LogP contribution in [0.25, 0.3) is 5.57 Å². The smallest absolute Gasteiger partial charge is 0.0585 e. The Hall–Kier alpha value is -4.82. The van der Waals surface area contributed by atoms with Crippen LogP contribution in [0.15, 0.2) is 180 Å². The van der Waals surface area contributed by atoms with Gasteiger partial charge < -0.3 is 9.80 Å². The topological polar surface area (TPSA) is 6.48 Å². The molecule has 2 nitrogen and oxygen atoms in total. The molecule has 0 fully saturated rings. The second kappa shape index (κ2) is 13.9. The van der Waals surface area contributed by atoms with Gasteiger partial charge in [0, 0.05) is 45.7 Å². The third kappa shape index (κ3) is 6.05. The Morgan fingerprint density at radius 3 is 2.26 bits per heavy atom. The van der Waals surface area contributed by atoms with Gasteiger partial charge in [-0.15, -0.1) is 0 Å². The molecule has 4 unspecified atom stereocenters. The fourth-order valence-corrected chi connectivity index (χ4v) is 10.3. The summed E-state index contributed by atoms with van der Waals surface area (Å²) in [6.07, 6.45) is 46.0. The summed E-state index contributed by atoms with van der Waals surface area (Å²) < 4.78 is 0. The van der Waals surface area contributed by atoms with E-state index in [9.17, 15) is 0 Å². The van der Waals surface area contributed by atoms with E-state index >= 15 is 0 Å². The third-order valence-electron chi connectivity index (χ3n) is 13.8. The van der Waals surface area contributed by atoms with Gasteiger partial charge in [0.15, 0.2) is 0 Å². The summed E-state index contributed by atoms with van der Waals surface area (Å²) in [5, 5.41) is 0. The van der Waals surface area contributed by atoms with E-state index in [0.29, 0.717) is 17.9 Å². The molecule has 0 radical (unpaired) electrons. The summed E-state index contributed by atoms with van der Waals surface area (Å²) in [4.78, 5) is 5.16. The van der Waals surface area contributed by atoms with E-state index in [2.05, 4.69) is 176 Å². The van der Waals surface area contributed by atoms with E-state index in [-0.39, 0.29) is 10.8 Å². The zero-order chi connectivity index (χ0) is 36.0. The number of rotatable bonds is 6. The van der Waals surface area contributed by atoms with E-state index in [1.807, 2.05) is 0 Å². The molecule has 0 N–H and O–H groups in total. The quantitative estimate of drug-likeness (QED) is 0.278. The number of anilines is 1.